The fourth-order valence-corrected chi connectivity index (χ4v) is 2.95. The molecule has 0 saturated carbocycles. The Hall–Kier alpha value is -1.20. The first kappa shape index (κ1) is 15.2. The molecule has 2 heterocycles. The van der Waals surface area contributed by atoms with E-state index in [0.717, 1.165) is 22.3 Å². The largest absolute Gasteiger partial charge is 0.307 e. The molecule has 2 aromatic heterocycles. The molecule has 0 spiro atoms. The summed E-state index contributed by atoms with van der Waals surface area (Å²) in [6.07, 6.45) is 4.67. The fourth-order valence-electron chi connectivity index (χ4n) is 2.44. The van der Waals surface area contributed by atoms with Crippen LogP contribution in [-0.2, 0) is 6.42 Å². The van der Waals surface area contributed by atoms with E-state index in [-0.39, 0.29) is 6.04 Å². The second-order valence-corrected chi connectivity index (χ2v) is 5.89. The monoisotopic (exact) mass is 336 g/mol. The van der Waals surface area contributed by atoms with Crippen molar-refractivity contribution in [3.8, 4) is 0 Å². The number of hydrogen-bond acceptors (Lipinski definition) is 3. The van der Waals surface area contributed by atoms with Crippen LogP contribution in [0.2, 0.25) is 0 Å². The summed E-state index contributed by atoms with van der Waals surface area (Å²) in [5, 5.41) is 7.85. The zero-order valence-corrected chi connectivity index (χ0v) is 14.0. The highest BCUT2D eigenvalue weighted by Gasteiger charge is 2.24. The molecule has 2 rings (SSSR count). The van der Waals surface area contributed by atoms with E-state index in [1.165, 1.54) is 5.56 Å². The Balaban J connectivity index is 2.55. The molecule has 0 amide bonds. The highest BCUT2D eigenvalue weighted by atomic mass is 79.9. The van der Waals surface area contributed by atoms with Crippen molar-refractivity contribution < 1.29 is 0 Å². The van der Waals surface area contributed by atoms with E-state index in [1.54, 1.807) is 0 Å². The normalized spacial score (nSPS) is 12.9. The molecule has 0 radical (unpaired) electrons. The van der Waals surface area contributed by atoms with Crippen LogP contribution in [0.5, 0.6) is 0 Å². The van der Waals surface area contributed by atoms with Gasteiger partial charge in [-0.1, -0.05) is 13.0 Å². The number of hydrogen-bond donors (Lipinski definition) is 1. The molecule has 0 aliphatic heterocycles. The average Bonchev–Trinajstić information content (AvgIpc) is 2.83. The molecule has 108 valence electrons. The molecular weight excluding hydrogens is 316 g/mol. The Morgan fingerprint density at radius 3 is 2.75 bits per heavy atom. The Morgan fingerprint density at radius 1 is 1.40 bits per heavy atom. The lowest BCUT2D eigenvalue weighted by molar-refractivity contribution is 0.479. The lowest BCUT2D eigenvalue weighted by atomic mass is 10.0. The van der Waals surface area contributed by atoms with Gasteiger partial charge in [0, 0.05) is 12.2 Å². The fraction of sp³-hybridized carbons (Fsp3) is 0.467. The maximum absolute atomic E-state index is 4.59. The van der Waals surface area contributed by atoms with Crippen LogP contribution in [0.1, 0.15) is 49.8 Å². The Labute approximate surface area is 128 Å². The van der Waals surface area contributed by atoms with Crippen molar-refractivity contribution in [3.05, 3.63) is 46.0 Å². The minimum absolute atomic E-state index is 0.0328. The summed E-state index contributed by atoms with van der Waals surface area (Å²) in [4.78, 5) is 4.59. The molecule has 0 bridgehead atoms. The van der Waals surface area contributed by atoms with E-state index >= 15 is 0 Å². The standard InChI is InChI=1S/C15H21BrN4/c1-5-11-7-6-8-18-13(11)14(17-4)15-12(16)9-19-20(15)10(2)3/h6-10,14,17H,5H2,1-4H3. The number of halogens is 1. The maximum Gasteiger partial charge on any atom is 0.0933 e. The van der Waals surface area contributed by atoms with Crippen molar-refractivity contribution in [2.75, 3.05) is 7.05 Å². The van der Waals surface area contributed by atoms with Crippen molar-refractivity contribution in [1.82, 2.24) is 20.1 Å². The van der Waals surface area contributed by atoms with Crippen LogP contribution >= 0.6 is 15.9 Å². The molecule has 5 heteroatoms. The topological polar surface area (TPSA) is 42.7 Å². The molecule has 2 aromatic rings. The van der Waals surface area contributed by atoms with Gasteiger partial charge in [-0.2, -0.15) is 5.10 Å². The lowest BCUT2D eigenvalue weighted by Gasteiger charge is -2.22. The van der Waals surface area contributed by atoms with Crippen LogP contribution in [0.4, 0.5) is 0 Å². The molecule has 0 aliphatic rings. The van der Waals surface area contributed by atoms with Gasteiger partial charge in [-0.05, 0) is 54.9 Å². The zero-order valence-electron chi connectivity index (χ0n) is 12.4. The summed E-state index contributed by atoms with van der Waals surface area (Å²) < 4.78 is 3.05. The van der Waals surface area contributed by atoms with E-state index in [0.29, 0.717) is 6.04 Å². The number of aryl methyl sites for hydroxylation is 1. The molecule has 1 atom stereocenters. The van der Waals surface area contributed by atoms with E-state index in [2.05, 4.69) is 58.2 Å². The van der Waals surface area contributed by atoms with Crippen LogP contribution in [-0.4, -0.2) is 21.8 Å². The predicted molar refractivity (Wildman–Crippen MR) is 84.8 cm³/mol. The maximum atomic E-state index is 4.59. The predicted octanol–water partition coefficient (Wildman–Crippen LogP) is 3.49. The Bertz CT molecular complexity index is 577. The third kappa shape index (κ3) is 2.79. The van der Waals surface area contributed by atoms with E-state index < -0.39 is 0 Å². The van der Waals surface area contributed by atoms with Gasteiger partial charge in [0.1, 0.15) is 0 Å². The minimum Gasteiger partial charge on any atom is -0.307 e. The van der Waals surface area contributed by atoms with Gasteiger partial charge in [-0.15, -0.1) is 0 Å². The van der Waals surface area contributed by atoms with Gasteiger partial charge >= 0.3 is 0 Å². The van der Waals surface area contributed by atoms with E-state index in [1.807, 2.05) is 30.2 Å². The summed E-state index contributed by atoms with van der Waals surface area (Å²) in [5.41, 5.74) is 3.45. The second-order valence-electron chi connectivity index (χ2n) is 5.04. The summed E-state index contributed by atoms with van der Waals surface area (Å²) in [6, 6.07) is 4.46. The molecule has 0 saturated heterocycles. The van der Waals surface area contributed by atoms with Gasteiger partial charge in [0.15, 0.2) is 0 Å². The minimum atomic E-state index is 0.0328. The number of nitrogens with one attached hydrogen (secondary N) is 1. The highest BCUT2D eigenvalue weighted by molar-refractivity contribution is 9.10. The zero-order chi connectivity index (χ0) is 14.7. The number of nitrogens with zero attached hydrogens (tertiary/aromatic N) is 3. The third-order valence-electron chi connectivity index (χ3n) is 3.42. The Morgan fingerprint density at radius 2 is 2.15 bits per heavy atom. The first-order valence-corrected chi connectivity index (χ1v) is 7.73. The quantitative estimate of drug-likeness (QED) is 0.908. The summed E-state index contributed by atoms with van der Waals surface area (Å²) in [6.45, 7) is 6.42. The van der Waals surface area contributed by atoms with Crippen LogP contribution < -0.4 is 5.32 Å². The van der Waals surface area contributed by atoms with Crippen molar-refractivity contribution in [2.24, 2.45) is 0 Å². The summed E-state index contributed by atoms with van der Waals surface area (Å²) >= 11 is 3.62. The SMILES string of the molecule is CCc1cccnc1C(NC)c1c(Br)cnn1C(C)C. The van der Waals surface area contributed by atoms with Crippen molar-refractivity contribution >= 4 is 15.9 Å². The van der Waals surface area contributed by atoms with Crippen molar-refractivity contribution in [1.29, 1.82) is 0 Å². The second kappa shape index (κ2) is 6.50. The molecular formula is C15H21BrN4. The average molecular weight is 337 g/mol. The molecule has 20 heavy (non-hydrogen) atoms. The Kier molecular flexibility index (Phi) is 4.94. The van der Waals surface area contributed by atoms with Crippen molar-refractivity contribution in [2.45, 2.75) is 39.3 Å². The molecule has 1 unspecified atom stereocenters. The summed E-state index contributed by atoms with van der Waals surface area (Å²) in [7, 11) is 1.96. The third-order valence-corrected chi connectivity index (χ3v) is 4.03. The van der Waals surface area contributed by atoms with Crippen molar-refractivity contribution in [3.63, 3.8) is 0 Å². The van der Waals surface area contributed by atoms with Gasteiger partial charge in [0.05, 0.1) is 28.1 Å². The van der Waals surface area contributed by atoms with Crippen LogP contribution in [0.25, 0.3) is 0 Å². The van der Waals surface area contributed by atoms with Gasteiger partial charge in [-0.25, -0.2) is 0 Å². The number of pyridine rings is 1. The molecule has 0 fully saturated rings. The van der Waals surface area contributed by atoms with Crippen LogP contribution in [0.3, 0.4) is 0 Å². The van der Waals surface area contributed by atoms with Gasteiger partial charge in [0.25, 0.3) is 0 Å². The first-order chi connectivity index (χ1) is 9.60. The summed E-state index contributed by atoms with van der Waals surface area (Å²) in [5.74, 6) is 0. The van der Waals surface area contributed by atoms with E-state index in [4.69, 9.17) is 0 Å². The first-order valence-electron chi connectivity index (χ1n) is 6.94. The van der Waals surface area contributed by atoms with Crippen LogP contribution in [0.15, 0.2) is 29.0 Å². The van der Waals surface area contributed by atoms with Gasteiger partial charge in [0.2, 0.25) is 0 Å². The van der Waals surface area contributed by atoms with E-state index in [9.17, 15) is 0 Å². The number of aromatic nitrogens is 3. The highest BCUT2D eigenvalue weighted by Crippen LogP contribution is 2.30. The molecule has 0 aromatic carbocycles. The molecule has 0 aliphatic carbocycles. The van der Waals surface area contributed by atoms with Crippen LogP contribution in [0, 0.1) is 0 Å². The molecule has 4 nitrogen and oxygen atoms in total. The van der Waals surface area contributed by atoms with Gasteiger partial charge in [-0.3, -0.25) is 9.67 Å². The van der Waals surface area contributed by atoms with Gasteiger partial charge < -0.3 is 5.32 Å². The number of rotatable bonds is 5. The lowest BCUT2D eigenvalue weighted by Crippen LogP contribution is -2.25. The smallest absolute Gasteiger partial charge is 0.0933 e. The molecule has 1 N–H and O–H groups in total.